The molecule has 1 fully saturated rings. The Morgan fingerprint density at radius 1 is 1.14 bits per heavy atom. The van der Waals surface area contributed by atoms with Crippen LogP contribution in [0.1, 0.15) is 66.2 Å². The average molecular weight is 471 g/mol. The summed E-state index contributed by atoms with van der Waals surface area (Å²) in [5.41, 5.74) is 9.53. The number of anilines is 3. The molecule has 1 aromatic heterocycles. The topological polar surface area (TPSA) is 72.1 Å². The third kappa shape index (κ3) is 3.99. The van der Waals surface area contributed by atoms with Crippen molar-refractivity contribution in [2.45, 2.75) is 66.2 Å². The van der Waals surface area contributed by atoms with Crippen molar-refractivity contribution in [2.24, 2.45) is 28.6 Å². The van der Waals surface area contributed by atoms with Crippen LogP contribution in [0.4, 0.5) is 17.3 Å². The van der Waals surface area contributed by atoms with E-state index in [0.29, 0.717) is 23.5 Å². The summed E-state index contributed by atoms with van der Waals surface area (Å²) >= 11 is 0. The number of aromatic nitrogens is 2. The molecular weight excluding hydrogens is 432 g/mol. The first-order chi connectivity index (χ1) is 16.7. The Kier molecular flexibility index (Phi) is 6.06. The van der Waals surface area contributed by atoms with Gasteiger partial charge in [0.25, 0.3) is 0 Å². The molecule has 0 bridgehead atoms. The monoisotopic (exact) mass is 470 g/mol. The van der Waals surface area contributed by atoms with Gasteiger partial charge in [-0.25, -0.2) is 9.97 Å². The van der Waals surface area contributed by atoms with Crippen LogP contribution in [0.25, 0.3) is 0 Å². The molecule has 0 unspecified atom stereocenters. The lowest BCUT2D eigenvalue weighted by molar-refractivity contribution is -0.140. The fraction of sp³-hybridized carbons (Fsp3) is 0.500. The Morgan fingerprint density at radius 3 is 2.63 bits per heavy atom. The van der Waals surface area contributed by atoms with E-state index in [2.05, 4.69) is 49.8 Å². The molecule has 1 heterocycles. The number of carbonyl (C=O) groups is 1. The molecule has 1 amide bonds. The lowest BCUT2D eigenvalue weighted by atomic mass is 9.46. The number of hydrogen-bond donors (Lipinski definition) is 1. The minimum absolute atomic E-state index is 0.110. The van der Waals surface area contributed by atoms with Gasteiger partial charge in [0, 0.05) is 6.07 Å². The first-order valence-corrected chi connectivity index (χ1v) is 13.1. The number of benzene rings is 1. The van der Waals surface area contributed by atoms with Gasteiger partial charge in [-0.15, -0.1) is 0 Å². The van der Waals surface area contributed by atoms with Crippen LogP contribution in [-0.4, -0.2) is 15.9 Å². The minimum atomic E-state index is -0.493. The highest BCUT2D eigenvalue weighted by Gasteiger charge is 2.58. The number of fused-ring (bicyclic) bond motifs is 3. The molecular formula is C30H38N4O. The van der Waals surface area contributed by atoms with Gasteiger partial charge in [0.05, 0.1) is 11.1 Å². The molecule has 4 atom stereocenters. The maximum Gasteiger partial charge on any atom is 0.238 e. The second-order valence-corrected chi connectivity index (χ2v) is 11.5. The number of nitrogens with two attached hydrogens (primary N) is 1. The molecule has 5 heteroatoms. The maximum absolute atomic E-state index is 14.6. The molecule has 3 aliphatic carbocycles. The van der Waals surface area contributed by atoms with Crippen molar-refractivity contribution >= 4 is 23.2 Å². The minimum Gasteiger partial charge on any atom is -0.384 e. The predicted octanol–water partition coefficient (Wildman–Crippen LogP) is 6.86. The molecule has 1 saturated carbocycles. The highest BCUT2D eigenvalue weighted by atomic mass is 16.2. The fourth-order valence-corrected chi connectivity index (χ4v) is 7.27. The van der Waals surface area contributed by atoms with Crippen molar-refractivity contribution < 1.29 is 4.79 Å². The quantitative estimate of drug-likeness (QED) is 0.530. The standard InChI is InChI=1S/C30H38N4O/c1-20(2)21-11-13-24-22(17-21)12-14-25-29(24,3)15-8-16-30(25,4)28(35)34(23-9-6-5-7-10-23)27-18-26(31)32-19-33-27/h5-7,9-10,12,17-20,24-25H,8,11,13-16H2,1-4H3,(H2,31,32,33)/t24-,25+,29+,30+/m0/s1. The molecule has 5 nitrogen and oxygen atoms in total. The van der Waals surface area contributed by atoms with Crippen LogP contribution in [0.15, 0.2) is 66.0 Å². The highest BCUT2D eigenvalue weighted by Crippen LogP contribution is 2.62. The molecule has 0 saturated heterocycles. The molecule has 5 rings (SSSR count). The molecule has 2 N–H and O–H groups in total. The van der Waals surface area contributed by atoms with Gasteiger partial charge in [0.15, 0.2) is 0 Å². The lowest BCUT2D eigenvalue weighted by Crippen LogP contribution is -2.56. The first-order valence-electron chi connectivity index (χ1n) is 13.1. The molecule has 0 aliphatic heterocycles. The number of amides is 1. The fourth-order valence-electron chi connectivity index (χ4n) is 7.27. The van der Waals surface area contributed by atoms with E-state index in [1.165, 1.54) is 31.2 Å². The van der Waals surface area contributed by atoms with E-state index >= 15 is 0 Å². The Bertz CT molecular complexity index is 1170. The predicted molar refractivity (Wildman–Crippen MR) is 142 cm³/mol. The number of allylic oxidation sites excluding steroid dienone is 4. The summed E-state index contributed by atoms with van der Waals surface area (Å²) in [6.45, 7) is 9.27. The van der Waals surface area contributed by atoms with Gasteiger partial charge in [-0.3, -0.25) is 9.69 Å². The summed E-state index contributed by atoms with van der Waals surface area (Å²) in [4.78, 5) is 24.9. The van der Waals surface area contributed by atoms with E-state index in [1.807, 2.05) is 30.3 Å². The molecule has 2 aromatic rings. The van der Waals surface area contributed by atoms with Crippen LogP contribution < -0.4 is 10.6 Å². The van der Waals surface area contributed by atoms with Crippen LogP contribution >= 0.6 is 0 Å². The van der Waals surface area contributed by atoms with E-state index in [0.717, 1.165) is 24.9 Å². The van der Waals surface area contributed by atoms with E-state index in [9.17, 15) is 4.79 Å². The maximum atomic E-state index is 14.6. The summed E-state index contributed by atoms with van der Waals surface area (Å²) in [5, 5.41) is 0. The van der Waals surface area contributed by atoms with E-state index in [-0.39, 0.29) is 17.2 Å². The molecule has 0 radical (unpaired) electrons. The van der Waals surface area contributed by atoms with Crippen LogP contribution in [0.2, 0.25) is 0 Å². The first kappa shape index (κ1) is 23.8. The van der Waals surface area contributed by atoms with Gasteiger partial charge in [-0.05, 0) is 73.0 Å². The SMILES string of the molecule is CC(C)C1=CC2=CC[C@@H]3[C@](C)(CCC[C@@]3(C)C(=O)N(c3ccccc3)c3cc(N)ncn3)[C@H]2CC1. The molecule has 3 aliphatic rings. The number of carbonyl (C=O) groups excluding carboxylic acids is 1. The van der Waals surface area contributed by atoms with Crippen molar-refractivity contribution in [1.82, 2.24) is 9.97 Å². The van der Waals surface area contributed by atoms with Gasteiger partial charge in [-0.1, -0.05) is 70.0 Å². The zero-order valence-corrected chi connectivity index (χ0v) is 21.5. The van der Waals surface area contributed by atoms with Crippen LogP contribution in [-0.2, 0) is 4.79 Å². The normalized spacial score (nSPS) is 30.1. The molecule has 184 valence electrons. The number of para-hydroxylation sites is 1. The van der Waals surface area contributed by atoms with Crippen molar-refractivity contribution in [3.05, 3.63) is 66.0 Å². The molecule has 1 aromatic carbocycles. The smallest absolute Gasteiger partial charge is 0.238 e. The van der Waals surface area contributed by atoms with Crippen LogP contribution in [0.5, 0.6) is 0 Å². The Balaban J connectivity index is 1.56. The van der Waals surface area contributed by atoms with E-state index in [4.69, 9.17) is 5.73 Å². The van der Waals surface area contributed by atoms with Crippen LogP contribution in [0.3, 0.4) is 0 Å². The zero-order chi connectivity index (χ0) is 24.8. The number of nitrogens with zero attached hydrogens (tertiary/aromatic N) is 3. The second-order valence-electron chi connectivity index (χ2n) is 11.5. The second kappa shape index (κ2) is 8.92. The Hall–Kier alpha value is -2.95. The van der Waals surface area contributed by atoms with Gasteiger partial charge in [0.1, 0.15) is 18.0 Å². The summed E-state index contributed by atoms with van der Waals surface area (Å²) in [6.07, 6.45) is 12.8. The highest BCUT2D eigenvalue weighted by molar-refractivity contribution is 6.03. The largest absolute Gasteiger partial charge is 0.384 e. The zero-order valence-electron chi connectivity index (χ0n) is 21.5. The van der Waals surface area contributed by atoms with Gasteiger partial charge in [0.2, 0.25) is 5.91 Å². The van der Waals surface area contributed by atoms with Crippen molar-refractivity contribution in [3.8, 4) is 0 Å². The summed E-state index contributed by atoms with van der Waals surface area (Å²) < 4.78 is 0. The molecule has 35 heavy (non-hydrogen) atoms. The summed E-state index contributed by atoms with van der Waals surface area (Å²) in [5.74, 6) is 2.42. The number of rotatable bonds is 4. The van der Waals surface area contributed by atoms with Crippen molar-refractivity contribution in [2.75, 3.05) is 10.6 Å². The third-order valence-electron chi connectivity index (χ3n) is 9.19. The summed E-state index contributed by atoms with van der Waals surface area (Å²) in [6, 6.07) is 11.5. The van der Waals surface area contributed by atoms with Gasteiger partial charge in [-0.2, -0.15) is 0 Å². The third-order valence-corrected chi connectivity index (χ3v) is 9.19. The van der Waals surface area contributed by atoms with Gasteiger partial charge >= 0.3 is 0 Å². The van der Waals surface area contributed by atoms with E-state index < -0.39 is 5.41 Å². The number of hydrogen-bond acceptors (Lipinski definition) is 4. The van der Waals surface area contributed by atoms with E-state index in [1.54, 1.807) is 16.5 Å². The number of nitrogen functional groups attached to an aromatic ring is 1. The van der Waals surface area contributed by atoms with Gasteiger partial charge < -0.3 is 5.73 Å². The lowest BCUT2D eigenvalue weighted by Gasteiger charge is -2.58. The summed E-state index contributed by atoms with van der Waals surface area (Å²) in [7, 11) is 0. The average Bonchev–Trinajstić information content (AvgIpc) is 2.84. The molecule has 0 spiro atoms. The van der Waals surface area contributed by atoms with Crippen molar-refractivity contribution in [1.29, 1.82) is 0 Å². The Morgan fingerprint density at radius 2 is 1.91 bits per heavy atom. The Labute approximate surface area is 209 Å². The van der Waals surface area contributed by atoms with Crippen molar-refractivity contribution in [3.63, 3.8) is 0 Å². The van der Waals surface area contributed by atoms with Crippen LogP contribution in [0, 0.1) is 28.6 Å².